The monoisotopic (exact) mass is 419 g/mol. The van der Waals surface area contributed by atoms with Gasteiger partial charge in [0, 0.05) is 17.3 Å². The fraction of sp³-hybridized carbons (Fsp3) is 0.182. The molecule has 0 aliphatic heterocycles. The number of nitriles is 1. The number of H-pyrrole nitrogens is 1. The van der Waals surface area contributed by atoms with Gasteiger partial charge in [0.25, 0.3) is 0 Å². The highest BCUT2D eigenvalue weighted by molar-refractivity contribution is 6.29. The van der Waals surface area contributed by atoms with Gasteiger partial charge in [0.05, 0.1) is 28.9 Å². The van der Waals surface area contributed by atoms with Gasteiger partial charge in [-0.2, -0.15) is 10.4 Å². The molecule has 4 rings (SSSR count). The second-order valence-electron chi connectivity index (χ2n) is 7.11. The van der Waals surface area contributed by atoms with Crippen LogP contribution in [-0.4, -0.2) is 15.2 Å². The number of benzene rings is 1. The molecule has 30 heavy (non-hydrogen) atoms. The van der Waals surface area contributed by atoms with Crippen LogP contribution in [0, 0.1) is 25.2 Å². The molecule has 0 unspecified atom stereocenters. The van der Waals surface area contributed by atoms with E-state index >= 15 is 0 Å². The normalized spacial score (nSPS) is 12.0. The predicted molar refractivity (Wildman–Crippen MR) is 116 cm³/mol. The quantitative estimate of drug-likeness (QED) is 0.456. The number of halogens is 1. The number of hydrogen-bond donors (Lipinski definition) is 2. The molecule has 0 bridgehead atoms. The molecule has 0 aliphatic rings. The molecule has 7 nitrogen and oxygen atoms in total. The van der Waals surface area contributed by atoms with Crippen LogP contribution < -0.4 is 10.7 Å². The Labute approximate surface area is 177 Å². The molecular formula is C22H18ClN5O2. The Kier molecular flexibility index (Phi) is 5.02. The van der Waals surface area contributed by atoms with Crippen LogP contribution in [0.2, 0.25) is 5.15 Å². The largest absolute Gasteiger partial charge is 0.455 e. The molecule has 4 aromatic rings. The Balaban J connectivity index is 1.88. The van der Waals surface area contributed by atoms with E-state index in [2.05, 4.69) is 20.5 Å². The molecule has 0 fully saturated rings. The van der Waals surface area contributed by atoms with Crippen molar-refractivity contribution in [2.24, 2.45) is 0 Å². The highest BCUT2D eigenvalue weighted by Gasteiger charge is 2.20. The van der Waals surface area contributed by atoms with Gasteiger partial charge < -0.3 is 9.73 Å². The van der Waals surface area contributed by atoms with Crippen LogP contribution in [0.25, 0.3) is 22.3 Å². The summed E-state index contributed by atoms with van der Waals surface area (Å²) in [6, 6.07) is 8.89. The van der Waals surface area contributed by atoms with Gasteiger partial charge in [-0.25, -0.2) is 4.98 Å². The number of aryl methyl sites for hydroxylation is 1. The van der Waals surface area contributed by atoms with Crippen molar-refractivity contribution in [1.82, 2.24) is 15.2 Å². The smallest absolute Gasteiger partial charge is 0.196 e. The summed E-state index contributed by atoms with van der Waals surface area (Å²) in [6.45, 7) is 5.61. The molecule has 2 N–H and O–H groups in total. The lowest BCUT2D eigenvalue weighted by Gasteiger charge is -2.19. The van der Waals surface area contributed by atoms with E-state index in [1.807, 2.05) is 32.0 Å². The predicted octanol–water partition coefficient (Wildman–Crippen LogP) is 4.89. The number of pyridine rings is 1. The van der Waals surface area contributed by atoms with E-state index in [4.69, 9.17) is 16.0 Å². The minimum Gasteiger partial charge on any atom is -0.455 e. The summed E-state index contributed by atoms with van der Waals surface area (Å²) in [7, 11) is 0. The zero-order valence-corrected chi connectivity index (χ0v) is 17.3. The standard InChI is InChI=1S/C22H18ClN5O2/c1-11-6-15(13(3)27-17-4-5-19(23)28-18(17)8-24)22-16(7-11)20(29)12(2)21(30-22)14-9-25-26-10-14/h4-7,9-10,13,27H,1-3H3,(H,25,26)/t13-/m1/s1. The van der Waals surface area contributed by atoms with E-state index in [1.54, 1.807) is 31.5 Å². The van der Waals surface area contributed by atoms with Crippen molar-refractivity contribution in [3.8, 4) is 17.4 Å². The van der Waals surface area contributed by atoms with Crippen LogP contribution in [0.4, 0.5) is 5.69 Å². The molecule has 3 heterocycles. The zero-order valence-electron chi connectivity index (χ0n) is 16.6. The first-order chi connectivity index (χ1) is 14.4. The number of aromatic nitrogens is 3. The van der Waals surface area contributed by atoms with Gasteiger partial charge in [0.2, 0.25) is 0 Å². The van der Waals surface area contributed by atoms with Gasteiger partial charge in [-0.05, 0) is 44.5 Å². The third-order valence-corrected chi connectivity index (χ3v) is 5.17. The van der Waals surface area contributed by atoms with Crippen molar-refractivity contribution >= 4 is 28.3 Å². The Morgan fingerprint density at radius 2 is 2.10 bits per heavy atom. The summed E-state index contributed by atoms with van der Waals surface area (Å²) in [5.74, 6) is 0.476. The van der Waals surface area contributed by atoms with Crippen LogP contribution >= 0.6 is 11.6 Å². The Morgan fingerprint density at radius 3 is 2.80 bits per heavy atom. The SMILES string of the molecule is Cc1cc([C@@H](C)Nc2ccc(Cl)nc2C#N)c2oc(-c3cn[nH]c3)c(C)c(=O)c2c1. The molecule has 0 saturated heterocycles. The Bertz CT molecular complexity index is 1350. The lowest BCUT2D eigenvalue weighted by Crippen LogP contribution is -2.13. The molecular weight excluding hydrogens is 402 g/mol. The molecule has 0 saturated carbocycles. The highest BCUT2D eigenvalue weighted by atomic mass is 35.5. The Hall–Kier alpha value is -3.63. The molecule has 0 spiro atoms. The summed E-state index contributed by atoms with van der Waals surface area (Å²) in [6.07, 6.45) is 3.30. The van der Waals surface area contributed by atoms with E-state index in [1.165, 1.54) is 0 Å². The van der Waals surface area contributed by atoms with Gasteiger partial charge in [-0.15, -0.1) is 0 Å². The number of fused-ring (bicyclic) bond motifs is 1. The summed E-state index contributed by atoms with van der Waals surface area (Å²) in [5, 5.41) is 20.1. The number of nitrogens with one attached hydrogen (secondary N) is 2. The summed E-state index contributed by atoms with van der Waals surface area (Å²) < 4.78 is 6.24. The first-order valence-electron chi connectivity index (χ1n) is 9.29. The van der Waals surface area contributed by atoms with Gasteiger partial charge >= 0.3 is 0 Å². The van der Waals surface area contributed by atoms with Gasteiger partial charge in [-0.1, -0.05) is 17.7 Å². The minimum atomic E-state index is -0.273. The summed E-state index contributed by atoms with van der Waals surface area (Å²) >= 11 is 5.90. The third-order valence-electron chi connectivity index (χ3n) is 4.96. The molecule has 1 atom stereocenters. The fourth-order valence-electron chi connectivity index (χ4n) is 3.49. The molecule has 3 aromatic heterocycles. The zero-order chi connectivity index (χ0) is 21.4. The van der Waals surface area contributed by atoms with Crippen LogP contribution in [-0.2, 0) is 0 Å². The average Bonchev–Trinajstić information content (AvgIpc) is 3.26. The maximum atomic E-state index is 13.1. The van der Waals surface area contributed by atoms with E-state index in [0.717, 1.165) is 11.1 Å². The molecule has 1 aromatic carbocycles. The van der Waals surface area contributed by atoms with Crippen molar-refractivity contribution in [3.63, 3.8) is 0 Å². The molecule has 150 valence electrons. The lowest BCUT2D eigenvalue weighted by molar-refractivity contribution is 0.605. The van der Waals surface area contributed by atoms with Crippen molar-refractivity contribution in [2.45, 2.75) is 26.8 Å². The number of nitrogens with zero attached hydrogens (tertiary/aromatic N) is 3. The van der Waals surface area contributed by atoms with E-state index in [-0.39, 0.29) is 22.3 Å². The van der Waals surface area contributed by atoms with Crippen LogP contribution in [0.15, 0.2) is 45.9 Å². The molecule has 8 heteroatoms. The first-order valence-corrected chi connectivity index (χ1v) is 9.67. The van der Waals surface area contributed by atoms with Crippen LogP contribution in [0.5, 0.6) is 0 Å². The van der Waals surface area contributed by atoms with Crippen LogP contribution in [0.3, 0.4) is 0 Å². The van der Waals surface area contributed by atoms with Crippen molar-refractivity contribution in [3.05, 3.63) is 74.4 Å². The van der Waals surface area contributed by atoms with E-state index < -0.39 is 0 Å². The number of aromatic amines is 1. The van der Waals surface area contributed by atoms with Crippen molar-refractivity contribution < 1.29 is 4.42 Å². The summed E-state index contributed by atoms with van der Waals surface area (Å²) in [5.41, 5.74) is 4.11. The van der Waals surface area contributed by atoms with E-state index in [9.17, 15) is 10.1 Å². The topological polar surface area (TPSA) is 108 Å². The molecule has 0 aliphatic carbocycles. The van der Waals surface area contributed by atoms with E-state index in [0.29, 0.717) is 33.5 Å². The number of anilines is 1. The average molecular weight is 420 g/mol. The van der Waals surface area contributed by atoms with Crippen LogP contribution in [0.1, 0.15) is 35.3 Å². The highest BCUT2D eigenvalue weighted by Crippen LogP contribution is 2.32. The van der Waals surface area contributed by atoms with Crippen molar-refractivity contribution in [1.29, 1.82) is 5.26 Å². The maximum absolute atomic E-state index is 13.1. The van der Waals surface area contributed by atoms with Crippen molar-refractivity contribution in [2.75, 3.05) is 5.32 Å². The number of hydrogen-bond acceptors (Lipinski definition) is 6. The fourth-order valence-corrected chi connectivity index (χ4v) is 3.64. The summed E-state index contributed by atoms with van der Waals surface area (Å²) in [4.78, 5) is 17.1. The molecule has 0 radical (unpaired) electrons. The van der Waals surface area contributed by atoms with Gasteiger partial charge in [0.15, 0.2) is 11.1 Å². The number of rotatable bonds is 4. The maximum Gasteiger partial charge on any atom is 0.196 e. The molecule has 0 amide bonds. The Morgan fingerprint density at radius 1 is 1.30 bits per heavy atom. The lowest BCUT2D eigenvalue weighted by atomic mass is 9.99. The van der Waals surface area contributed by atoms with Gasteiger partial charge in [-0.3, -0.25) is 9.89 Å². The minimum absolute atomic E-state index is 0.0875. The second kappa shape index (κ2) is 7.65. The van der Waals surface area contributed by atoms with Gasteiger partial charge in [0.1, 0.15) is 22.6 Å². The first kappa shape index (κ1) is 19.7. The second-order valence-corrected chi connectivity index (χ2v) is 7.50. The third kappa shape index (κ3) is 3.42.